The highest BCUT2D eigenvalue weighted by Crippen LogP contribution is 2.11. The van der Waals surface area contributed by atoms with Crippen molar-refractivity contribution in [1.29, 1.82) is 0 Å². The topological polar surface area (TPSA) is 47.7 Å². The van der Waals surface area contributed by atoms with E-state index in [4.69, 9.17) is 15.2 Å². The molecule has 1 aromatic carbocycles. The lowest BCUT2D eigenvalue weighted by atomic mass is 10.2. The summed E-state index contributed by atoms with van der Waals surface area (Å²) < 4.78 is 11.1. The Kier molecular flexibility index (Phi) is 5.45. The fourth-order valence-corrected chi connectivity index (χ4v) is 2.04. The summed E-state index contributed by atoms with van der Waals surface area (Å²) in [5.41, 5.74) is 6.68. The third kappa shape index (κ3) is 4.29. The Bertz CT molecular complexity index is 332. The van der Waals surface area contributed by atoms with E-state index in [0.29, 0.717) is 6.54 Å². The molecule has 2 rings (SSSR count). The largest absolute Gasteiger partial charge is 0.492 e. The lowest BCUT2D eigenvalue weighted by Crippen LogP contribution is -2.30. The monoisotopic (exact) mass is 250 g/mol. The van der Waals surface area contributed by atoms with Crippen molar-refractivity contribution in [3.63, 3.8) is 0 Å². The van der Waals surface area contributed by atoms with Crippen molar-refractivity contribution in [3.8, 4) is 5.75 Å². The molecule has 1 heterocycles. The van der Waals surface area contributed by atoms with Gasteiger partial charge in [-0.3, -0.25) is 4.90 Å². The van der Waals surface area contributed by atoms with Crippen molar-refractivity contribution < 1.29 is 9.47 Å². The smallest absolute Gasteiger partial charge is 0.119 e. The van der Waals surface area contributed by atoms with Crippen LogP contribution in [0, 0.1) is 0 Å². The molecule has 0 amide bonds. The van der Waals surface area contributed by atoms with E-state index in [-0.39, 0.29) is 0 Å². The van der Waals surface area contributed by atoms with Gasteiger partial charge in [0.25, 0.3) is 0 Å². The first-order chi connectivity index (χ1) is 8.88. The molecule has 18 heavy (non-hydrogen) atoms. The minimum Gasteiger partial charge on any atom is -0.492 e. The summed E-state index contributed by atoms with van der Waals surface area (Å²) in [6.45, 7) is 6.10. The first kappa shape index (κ1) is 13.3. The van der Waals surface area contributed by atoms with E-state index in [2.05, 4.69) is 4.90 Å². The van der Waals surface area contributed by atoms with Crippen molar-refractivity contribution in [2.75, 3.05) is 39.5 Å². The number of rotatable bonds is 5. The van der Waals surface area contributed by atoms with E-state index < -0.39 is 0 Å². The fraction of sp³-hybridized carbons (Fsp3) is 0.571. The van der Waals surface area contributed by atoms with Crippen LogP contribution in [0.5, 0.6) is 5.75 Å². The summed E-state index contributed by atoms with van der Waals surface area (Å²) in [6.07, 6.45) is 1.12. The Balaban J connectivity index is 1.70. The summed E-state index contributed by atoms with van der Waals surface area (Å²) in [4.78, 5) is 2.39. The maximum absolute atomic E-state index is 5.73. The molecule has 0 saturated carbocycles. The molecule has 0 bridgehead atoms. The standard InChI is InChI=1S/C14H22N2O2/c15-12-13-2-4-14(5-3-13)18-11-8-16-6-1-9-17-10-7-16/h2-5H,1,6-12,15H2. The molecule has 100 valence electrons. The summed E-state index contributed by atoms with van der Waals surface area (Å²) >= 11 is 0. The van der Waals surface area contributed by atoms with Crippen LogP contribution in [0.1, 0.15) is 12.0 Å². The number of ether oxygens (including phenoxy) is 2. The molecule has 1 aliphatic rings. The molecule has 0 aliphatic carbocycles. The fourth-order valence-electron chi connectivity index (χ4n) is 2.04. The summed E-state index contributed by atoms with van der Waals surface area (Å²) in [5.74, 6) is 0.915. The van der Waals surface area contributed by atoms with Crippen molar-refractivity contribution in [2.24, 2.45) is 5.73 Å². The minimum atomic E-state index is 0.577. The molecule has 0 atom stereocenters. The summed E-state index contributed by atoms with van der Waals surface area (Å²) in [7, 11) is 0. The Hall–Kier alpha value is -1.10. The van der Waals surface area contributed by atoms with Gasteiger partial charge in [-0.15, -0.1) is 0 Å². The van der Waals surface area contributed by atoms with Crippen LogP contribution in [0.25, 0.3) is 0 Å². The average molecular weight is 250 g/mol. The van der Waals surface area contributed by atoms with Crippen molar-refractivity contribution >= 4 is 0 Å². The zero-order chi connectivity index (χ0) is 12.6. The number of nitrogens with two attached hydrogens (primary N) is 1. The maximum atomic E-state index is 5.73. The molecule has 1 aromatic rings. The molecule has 0 radical (unpaired) electrons. The zero-order valence-corrected chi connectivity index (χ0v) is 10.8. The Morgan fingerprint density at radius 1 is 1.17 bits per heavy atom. The Morgan fingerprint density at radius 2 is 2.00 bits per heavy atom. The summed E-state index contributed by atoms with van der Waals surface area (Å²) in [6, 6.07) is 7.98. The van der Waals surface area contributed by atoms with Gasteiger partial charge >= 0.3 is 0 Å². The predicted molar refractivity (Wildman–Crippen MR) is 71.7 cm³/mol. The van der Waals surface area contributed by atoms with E-state index in [1.807, 2.05) is 24.3 Å². The van der Waals surface area contributed by atoms with Gasteiger partial charge in [0.1, 0.15) is 12.4 Å². The Morgan fingerprint density at radius 3 is 2.78 bits per heavy atom. The van der Waals surface area contributed by atoms with Gasteiger partial charge < -0.3 is 15.2 Å². The molecule has 2 N–H and O–H groups in total. The molecule has 1 aliphatic heterocycles. The number of nitrogens with zero attached hydrogens (tertiary/aromatic N) is 1. The lowest BCUT2D eigenvalue weighted by Gasteiger charge is -2.19. The molecule has 4 nitrogen and oxygen atoms in total. The normalized spacial score (nSPS) is 17.4. The van der Waals surface area contributed by atoms with Crippen LogP contribution < -0.4 is 10.5 Å². The molecule has 0 aromatic heterocycles. The van der Waals surface area contributed by atoms with Crippen molar-refractivity contribution in [1.82, 2.24) is 4.90 Å². The van der Waals surface area contributed by atoms with E-state index in [1.54, 1.807) is 0 Å². The third-order valence-electron chi connectivity index (χ3n) is 3.15. The van der Waals surface area contributed by atoms with Crippen LogP contribution in [0.4, 0.5) is 0 Å². The van der Waals surface area contributed by atoms with Gasteiger partial charge in [-0.2, -0.15) is 0 Å². The van der Waals surface area contributed by atoms with Gasteiger partial charge in [0.15, 0.2) is 0 Å². The van der Waals surface area contributed by atoms with Crippen LogP contribution in [0.3, 0.4) is 0 Å². The highest BCUT2D eigenvalue weighted by Gasteiger charge is 2.08. The second-order valence-corrected chi connectivity index (χ2v) is 4.50. The van der Waals surface area contributed by atoms with E-state index in [9.17, 15) is 0 Å². The average Bonchev–Trinajstić information content (AvgIpc) is 2.68. The first-order valence-corrected chi connectivity index (χ1v) is 6.60. The number of hydrogen-bond acceptors (Lipinski definition) is 4. The highest BCUT2D eigenvalue weighted by molar-refractivity contribution is 5.27. The highest BCUT2D eigenvalue weighted by atomic mass is 16.5. The van der Waals surface area contributed by atoms with E-state index >= 15 is 0 Å². The molecule has 4 heteroatoms. The van der Waals surface area contributed by atoms with Gasteiger partial charge in [0.05, 0.1) is 6.61 Å². The number of hydrogen-bond donors (Lipinski definition) is 1. The second kappa shape index (κ2) is 7.36. The predicted octanol–water partition coefficient (Wildman–Crippen LogP) is 1.25. The van der Waals surface area contributed by atoms with Gasteiger partial charge in [-0.25, -0.2) is 0 Å². The van der Waals surface area contributed by atoms with Gasteiger partial charge in [-0.1, -0.05) is 12.1 Å². The van der Waals surface area contributed by atoms with Crippen LogP contribution in [-0.2, 0) is 11.3 Å². The third-order valence-corrected chi connectivity index (χ3v) is 3.15. The van der Waals surface area contributed by atoms with Gasteiger partial charge in [0.2, 0.25) is 0 Å². The molecule has 0 unspecified atom stereocenters. The van der Waals surface area contributed by atoms with Crippen LogP contribution in [0.15, 0.2) is 24.3 Å². The lowest BCUT2D eigenvalue weighted by molar-refractivity contribution is 0.137. The molecule has 0 spiro atoms. The quantitative estimate of drug-likeness (QED) is 0.854. The maximum Gasteiger partial charge on any atom is 0.119 e. The van der Waals surface area contributed by atoms with E-state index in [0.717, 1.165) is 57.2 Å². The number of benzene rings is 1. The SMILES string of the molecule is NCc1ccc(OCCN2CCCOCC2)cc1. The van der Waals surface area contributed by atoms with Crippen LogP contribution in [-0.4, -0.2) is 44.4 Å². The zero-order valence-electron chi connectivity index (χ0n) is 10.8. The molecule has 1 saturated heterocycles. The minimum absolute atomic E-state index is 0.577. The second-order valence-electron chi connectivity index (χ2n) is 4.50. The van der Waals surface area contributed by atoms with Crippen molar-refractivity contribution in [3.05, 3.63) is 29.8 Å². The van der Waals surface area contributed by atoms with Crippen LogP contribution in [0.2, 0.25) is 0 Å². The molecular weight excluding hydrogens is 228 g/mol. The van der Waals surface area contributed by atoms with Crippen molar-refractivity contribution in [2.45, 2.75) is 13.0 Å². The van der Waals surface area contributed by atoms with Gasteiger partial charge in [0, 0.05) is 32.8 Å². The van der Waals surface area contributed by atoms with Crippen LogP contribution >= 0.6 is 0 Å². The Labute approximate surface area is 109 Å². The molecular formula is C14H22N2O2. The summed E-state index contributed by atoms with van der Waals surface area (Å²) in [5, 5.41) is 0. The first-order valence-electron chi connectivity index (χ1n) is 6.60. The van der Waals surface area contributed by atoms with Gasteiger partial charge in [-0.05, 0) is 24.1 Å². The van der Waals surface area contributed by atoms with E-state index in [1.165, 1.54) is 0 Å². The molecule has 1 fully saturated rings.